The molecule has 3 rings (SSSR count). The van der Waals surface area contributed by atoms with Gasteiger partial charge in [0, 0.05) is 29.8 Å². The average molecular weight is 287 g/mol. The molecule has 0 aromatic heterocycles. The zero-order valence-electron chi connectivity index (χ0n) is 11.6. The highest BCUT2D eigenvalue weighted by Crippen LogP contribution is 2.29. The van der Waals surface area contributed by atoms with Crippen LogP contribution in [0.15, 0.2) is 42.5 Å². The van der Waals surface area contributed by atoms with Crippen molar-refractivity contribution in [1.82, 2.24) is 0 Å². The van der Waals surface area contributed by atoms with Crippen molar-refractivity contribution in [2.45, 2.75) is 25.9 Å². The number of fused-ring (bicyclic) bond motifs is 1. The molecule has 0 amide bonds. The van der Waals surface area contributed by atoms with Gasteiger partial charge in [-0.1, -0.05) is 41.9 Å². The number of aryl methyl sites for hydroxylation is 1. The molecule has 104 valence electrons. The highest BCUT2D eigenvalue weighted by molar-refractivity contribution is 6.31. The molecule has 0 radical (unpaired) electrons. The van der Waals surface area contributed by atoms with Gasteiger partial charge in [0.1, 0.15) is 0 Å². The molecule has 0 spiro atoms. The Hall–Kier alpha value is -1.51. The summed E-state index contributed by atoms with van der Waals surface area (Å²) in [7, 11) is 0. The second kappa shape index (κ2) is 5.47. The van der Waals surface area contributed by atoms with Crippen LogP contribution in [0.25, 0.3) is 0 Å². The van der Waals surface area contributed by atoms with Crippen LogP contribution in [0, 0.1) is 6.92 Å². The van der Waals surface area contributed by atoms with Crippen molar-refractivity contribution >= 4 is 17.3 Å². The summed E-state index contributed by atoms with van der Waals surface area (Å²) in [4.78, 5) is 2.33. The molecule has 2 N–H and O–H groups in total. The highest BCUT2D eigenvalue weighted by Gasteiger charge is 2.22. The Labute approximate surface area is 125 Å². The summed E-state index contributed by atoms with van der Waals surface area (Å²) in [6.45, 7) is 3.74. The summed E-state index contributed by atoms with van der Waals surface area (Å²) in [5, 5.41) is 0.835. The van der Waals surface area contributed by atoms with E-state index in [4.69, 9.17) is 17.3 Å². The van der Waals surface area contributed by atoms with E-state index in [1.807, 2.05) is 6.07 Å². The van der Waals surface area contributed by atoms with Gasteiger partial charge < -0.3 is 10.6 Å². The molecular weight excluding hydrogens is 268 g/mol. The van der Waals surface area contributed by atoms with E-state index in [1.54, 1.807) is 0 Å². The number of benzene rings is 2. The lowest BCUT2D eigenvalue weighted by molar-refractivity contribution is 0.599. The van der Waals surface area contributed by atoms with Crippen LogP contribution in [-0.2, 0) is 13.0 Å². The molecule has 1 atom stereocenters. The predicted molar refractivity (Wildman–Crippen MR) is 85.4 cm³/mol. The summed E-state index contributed by atoms with van der Waals surface area (Å²) < 4.78 is 0. The van der Waals surface area contributed by atoms with Crippen LogP contribution in [0.5, 0.6) is 0 Å². The van der Waals surface area contributed by atoms with Crippen molar-refractivity contribution in [3.8, 4) is 0 Å². The minimum absolute atomic E-state index is 0.189. The molecule has 20 heavy (non-hydrogen) atoms. The fourth-order valence-corrected chi connectivity index (χ4v) is 3.15. The van der Waals surface area contributed by atoms with Crippen LogP contribution in [-0.4, -0.2) is 12.6 Å². The Morgan fingerprint density at radius 2 is 2.05 bits per heavy atom. The summed E-state index contributed by atoms with van der Waals surface area (Å²) in [6.07, 6.45) is 0.953. The van der Waals surface area contributed by atoms with Crippen molar-refractivity contribution in [3.63, 3.8) is 0 Å². The van der Waals surface area contributed by atoms with Gasteiger partial charge in [0.05, 0.1) is 0 Å². The Morgan fingerprint density at radius 3 is 2.85 bits per heavy atom. The lowest BCUT2D eigenvalue weighted by atomic mass is 9.98. The first kappa shape index (κ1) is 13.5. The van der Waals surface area contributed by atoms with Crippen molar-refractivity contribution in [2.75, 3.05) is 11.4 Å². The second-order valence-electron chi connectivity index (χ2n) is 5.57. The van der Waals surface area contributed by atoms with Gasteiger partial charge in [0.25, 0.3) is 0 Å². The number of hydrogen-bond acceptors (Lipinski definition) is 2. The maximum Gasteiger partial charge on any atom is 0.0458 e. The van der Waals surface area contributed by atoms with Gasteiger partial charge in [-0.15, -0.1) is 0 Å². The number of nitrogens with zero attached hydrogens (tertiary/aromatic N) is 1. The van der Waals surface area contributed by atoms with Gasteiger partial charge in [0.15, 0.2) is 0 Å². The van der Waals surface area contributed by atoms with Crippen LogP contribution in [0.1, 0.15) is 16.7 Å². The van der Waals surface area contributed by atoms with E-state index in [1.165, 1.54) is 16.8 Å². The maximum absolute atomic E-state index is 6.35. The minimum Gasteiger partial charge on any atom is -0.365 e. The zero-order chi connectivity index (χ0) is 14.1. The smallest absolute Gasteiger partial charge is 0.0458 e. The minimum atomic E-state index is 0.189. The summed E-state index contributed by atoms with van der Waals surface area (Å²) >= 11 is 6.35. The standard InChI is InChI=1S/C17H19ClN2/c1-12-6-7-14(16(18)8-12)10-20-11-15(19)9-13-4-2-3-5-17(13)20/h2-8,15H,9-11,19H2,1H3. The van der Waals surface area contributed by atoms with E-state index in [0.29, 0.717) is 0 Å². The van der Waals surface area contributed by atoms with Crippen LogP contribution in [0.2, 0.25) is 5.02 Å². The average Bonchev–Trinajstić information content (AvgIpc) is 2.41. The number of rotatable bonds is 2. The Kier molecular flexibility index (Phi) is 3.68. The molecule has 2 aromatic rings. The normalized spacial score (nSPS) is 17.9. The Morgan fingerprint density at radius 1 is 1.25 bits per heavy atom. The number of hydrogen-bond donors (Lipinski definition) is 1. The molecule has 1 aliphatic rings. The first-order valence-corrected chi connectivity index (χ1v) is 7.35. The molecule has 2 nitrogen and oxygen atoms in total. The molecule has 2 aromatic carbocycles. The number of anilines is 1. The maximum atomic E-state index is 6.35. The quantitative estimate of drug-likeness (QED) is 0.915. The predicted octanol–water partition coefficient (Wildman–Crippen LogP) is 3.54. The molecular formula is C17H19ClN2. The lowest BCUT2D eigenvalue weighted by Crippen LogP contribution is -2.42. The van der Waals surface area contributed by atoms with Crippen LogP contribution < -0.4 is 10.6 Å². The third-order valence-electron chi connectivity index (χ3n) is 3.84. The second-order valence-corrected chi connectivity index (χ2v) is 5.98. The Balaban J connectivity index is 1.91. The Bertz CT molecular complexity index is 624. The van der Waals surface area contributed by atoms with Gasteiger partial charge in [-0.05, 0) is 42.2 Å². The third kappa shape index (κ3) is 2.67. The van der Waals surface area contributed by atoms with Gasteiger partial charge >= 0.3 is 0 Å². The lowest BCUT2D eigenvalue weighted by Gasteiger charge is -2.35. The van der Waals surface area contributed by atoms with Crippen molar-refractivity contribution < 1.29 is 0 Å². The SMILES string of the molecule is Cc1ccc(CN2CC(N)Cc3ccccc32)c(Cl)c1. The first-order chi connectivity index (χ1) is 9.63. The van der Waals surface area contributed by atoms with Crippen molar-refractivity contribution in [2.24, 2.45) is 5.73 Å². The fourth-order valence-electron chi connectivity index (χ4n) is 2.86. The van der Waals surface area contributed by atoms with E-state index >= 15 is 0 Å². The molecule has 1 heterocycles. The van der Waals surface area contributed by atoms with Gasteiger partial charge in [-0.2, -0.15) is 0 Å². The van der Waals surface area contributed by atoms with Gasteiger partial charge in [0.2, 0.25) is 0 Å². The topological polar surface area (TPSA) is 29.3 Å². The third-order valence-corrected chi connectivity index (χ3v) is 4.19. The van der Waals surface area contributed by atoms with Crippen molar-refractivity contribution in [3.05, 3.63) is 64.2 Å². The van der Waals surface area contributed by atoms with Crippen LogP contribution >= 0.6 is 11.6 Å². The van der Waals surface area contributed by atoms with E-state index in [0.717, 1.165) is 30.1 Å². The highest BCUT2D eigenvalue weighted by atomic mass is 35.5. The molecule has 0 aliphatic carbocycles. The summed E-state index contributed by atoms with van der Waals surface area (Å²) in [5.41, 5.74) is 11.1. The summed E-state index contributed by atoms with van der Waals surface area (Å²) in [6, 6.07) is 14.9. The van der Waals surface area contributed by atoms with E-state index < -0.39 is 0 Å². The molecule has 0 bridgehead atoms. The number of para-hydroxylation sites is 1. The molecule has 0 saturated carbocycles. The summed E-state index contributed by atoms with van der Waals surface area (Å²) in [5.74, 6) is 0. The molecule has 1 aliphatic heterocycles. The molecule has 0 saturated heterocycles. The number of halogens is 1. The van der Waals surface area contributed by atoms with Crippen LogP contribution in [0.4, 0.5) is 5.69 Å². The van der Waals surface area contributed by atoms with E-state index in [2.05, 4.69) is 48.2 Å². The van der Waals surface area contributed by atoms with E-state index in [-0.39, 0.29) is 6.04 Å². The zero-order valence-corrected chi connectivity index (χ0v) is 12.4. The fraction of sp³-hybridized carbons (Fsp3) is 0.294. The molecule has 0 fully saturated rings. The van der Waals surface area contributed by atoms with E-state index in [9.17, 15) is 0 Å². The first-order valence-electron chi connectivity index (χ1n) is 6.97. The van der Waals surface area contributed by atoms with Gasteiger partial charge in [-0.25, -0.2) is 0 Å². The molecule has 1 unspecified atom stereocenters. The van der Waals surface area contributed by atoms with Crippen molar-refractivity contribution in [1.29, 1.82) is 0 Å². The monoisotopic (exact) mass is 286 g/mol. The van der Waals surface area contributed by atoms with Crippen LogP contribution in [0.3, 0.4) is 0 Å². The number of nitrogens with two attached hydrogens (primary N) is 1. The molecule has 3 heteroatoms. The largest absolute Gasteiger partial charge is 0.365 e. The van der Waals surface area contributed by atoms with Gasteiger partial charge in [-0.3, -0.25) is 0 Å².